The Hall–Kier alpha value is -0.860. The average Bonchev–Trinajstić information content (AvgIpc) is 2.56. The van der Waals surface area contributed by atoms with Crippen LogP contribution in [0.25, 0.3) is 0 Å². The van der Waals surface area contributed by atoms with Gasteiger partial charge in [0.05, 0.1) is 19.3 Å². The molecule has 0 saturated carbocycles. The maximum atomic E-state index is 5.70. The molecule has 1 aliphatic heterocycles. The van der Waals surface area contributed by atoms with Crippen LogP contribution in [0.4, 0.5) is 0 Å². The zero-order chi connectivity index (χ0) is 8.67. The fourth-order valence-electron chi connectivity index (χ4n) is 2.24. The summed E-state index contributed by atoms with van der Waals surface area (Å²) in [5.41, 5.74) is 2.71. The van der Waals surface area contributed by atoms with E-state index in [-0.39, 0.29) is 12.2 Å². The molecule has 68 valence electrons. The van der Waals surface area contributed by atoms with E-state index in [0.717, 1.165) is 19.6 Å². The van der Waals surface area contributed by atoms with Crippen molar-refractivity contribution in [1.82, 2.24) is 0 Å². The Kier molecular flexibility index (Phi) is 1.64. The second-order valence-corrected chi connectivity index (χ2v) is 3.60. The van der Waals surface area contributed by atoms with Gasteiger partial charge in [-0.2, -0.15) is 0 Å². The maximum Gasteiger partial charge on any atom is 0.109 e. The first kappa shape index (κ1) is 7.54. The summed E-state index contributed by atoms with van der Waals surface area (Å²) < 4.78 is 11.4. The van der Waals surface area contributed by atoms with Gasteiger partial charge in [0.25, 0.3) is 0 Å². The molecule has 13 heavy (non-hydrogen) atoms. The molecule has 1 aromatic carbocycles. The molecule has 1 saturated heterocycles. The Morgan fingerprint density at radius 3 is 2.92 bits per heavy atom. The van der Waals surface area contributed by atoms with E-state index in [4.69, 9.17) is 9.47 Å². The van der Waals surface area contributed by atoms with E-state index in [9.17, 15) is 0 Å². The summed E-state index contributed by atoms with van der Waals surface area (Å²) in [6, 6.07) is 8.46. The van der Waals surface area contributed by atoms with Gasteiger partial charge in [0.1, 0.15) is 6.10 Å². The minimum atomic E-state index is 0.199. The van der Waals surface area contributed by atoms with Crippen molar-refractivity contribution in [2.24, 2.45) is 0 Å². The minimum Gasteiger partial charge on any atom is -0.372 e. The van der Waals surface area contributed by atoms with E-state index in [1.54, 1.807) is 0 Å². The van der Waals surface area contributed by atoms with E-state index < -0.39 is 0 Å². The van der Waals surface area contributed by atoms with Gasteiger partial charge in [0.15, 0.2) is 0 Å². The van der Waals surface area contributed by atoms with Crippen LogP contribution in [0.15, 0.2) is 24.3 Å². The first-order valence-electron chi connectivity index (χ1n) is 4.76. The number of fused-ring (bicyclic) bond motifs is 3. The Labute approximate surface area is 77.5 Å². The molecule has 0 unspecified atom stereocenters. The molecule has 1 fully saturated rings. The summed E-state index contributed by atoms with van der Waals surface area (Å²) in [7, 11) is 0. The van der Waals surface area contributed by atoms with Crippen LogP contribution in [0.1, 0.15) is 17.2 Å². The Bertz CT molecular complexity index is 322. The first-order chi connectivity index (χ1) is 6.45. The van der Waals surface area contributed by atoms with Crippen molar-refractivity contribution in [1.29, 1.82) is 0 Å². The zero-order valence-electron chi connectivity index (χ0n) is 7.40. The fraction of sp³-hybridized carbons (Fsp3) is 0.455. The van der Waals surface area contributed by atoms with E-state index >= 15 is 0 Å². The van der Waals surface area contributed by atoms with Crippen LogP contribution in [-0.4, -0.2) is 19.3 Å². The van der Waals surface area contributed by atoms with Gasteiger partial charge < -0.3 is 9.47 Å². The second kappa shape index (κ2) is 2.82. The number of benzene rings is 1. The molecule has 0 radical (unpaired) electrons. The minimum absolute atomic E-state index is 0.199. The molecular weight excluding hydrogens is 164 g/mol. The van der Waals surface area contributed by atoms with Crippen LogP contribution in [0.3, 0.4) is 0 Å². The lowest BCUT2D eigenvalue weighted by Gasteiger charge is -2.26. The summed E-state index contributed by atoms with van der Waals surface area (Å²) in [5.74, 6) is 0. The van der Waals surface area contributed by atoms with Crippen LogP contribution < -0.4 is 0 Å². The van der Waals surface area contributed by atoms with Gasteiger partial charge in [-0.15, -0.1) is 0 Å². The smallest absolute Gasteiger partial charge is 0.109 e. The molecule has 0 amide bonds. The largest absolute Gasteiger partial charge is 0.372 e. The summed E-state index contributed by atoms with van der Waals surface area (Å²) >= 11 is 0. The summed E-state index contributed by atoms with van der Waals surface area (Å²) in [5, 5.41) is 0. The topological polar surface area (TPSA) is 18.5 Å². The third kappa shape index (κ3) is 1.10. The van der Waals surface area contributed by atoms with Crippen LogP contribution in [-0.2, 0) is 15.9 Å². The molecule has 2 heteroatoms. The second-order valence-electron chi connectivity index (χ2n) is 3.60. The lowest BCUT2D eigenvalue weighted by Crippen LogP contribution is -2.29. The average molecular weight is 176 g/mol. The molecular formula is C11H12O2. The van der Waals surface area contributed by atoms with Crippen molar-refractivity contribution < 1.29 is 9.47 Å². The molecule has 1 aromatic rings. The Balaban J connectivity index is 2.01. The van der Waals surface area contributed by atoms with Gasteiger partial charge >= 0.3 is 0 Å². The summed E-state index contributed by atoms with van der Waals surface area (Å²) in [6.07, 6.45) is 1.48. The quantitative estimate of drug-likeness (QED) is 0.599. The molecule has 3 rings (SSSR count). The predicted molar refractivity (Wildman–Crippen MR) is 48.6 cm³/mol. The maximum absolute atomic E-state index is 5.70. The van der Waals surface area contributed by atoms with Gasteiger partial charge in [-0.1, -0.05) is 24.3 Å². The van der Waals surface area contributed by atoms with Crippen LogP contribution >= 0.6 is 0 Å². The van der Waals surface area contributed by atoms with Crippen LogP contribution in [0, 0.1) is 0 Å². The Morgan fingerprint density at radius 1 is 1.08 bits per heavy atom. The van der Waals surface area contributed by atoms with E-state index in [2.05, 4.69) is 24.3 Å². The van der Waals surface area contributed by atoms with Crippen molar-refractivity contribution in [2.75, 3.05) is 13.2 Å². The third-order valence-electron chi connectivity index (χ3n) is 2.83. The summed E-state index contributed by atoms with van der Waals surface area (Å²) in [4.78, 5) is 0. The molecule has 2 atom stereocenters. The van der Waals surface area contributed by atoms with Crippen molar-refractivity contribution in [3.05, 3.63) is 35.4 Å². The van der Waals surface area contributed by atoms with E-state index in [1.165, 1.54) is 11.1 Å². The van der Waals surface area contributed by atoms with E-state index in [1.807, 2.05) is 0 Å². The van der Waals surface area contributed by atoms with Gasteiger partial charge in [0, 0.05) is 6.42 Å². The number of hydrogen-bond acceptors (Lipinski definition) is 2. The summed E-state index contributed by atoms with van der Waals surface area (Å²) in [6.45, 7) is 1.48. The number of hydrogen-bond donors (Lipinski definition) is 0. The van der Waals surface area contributed by atoms with Crippen molar-refractivity contribution in [3.63, 3.8) is 0 Å². The van der Waals surface area contributed by atoms with Crippen molar-refractivity contribution in [3.8, 4) is 0 Å². The van der Waals surface area contributed by atoms with Gasteiger partial charge in [-0.3, -0.25) is 0 Å². The molecule has 1 heterocycles. The van der Waals surface area contributed by atoms with Crippen LogP contribution in [0.5, 0.6) is 0 Å². The number of rotatable bonds is 0. The standard InChI is InChI=1S/C11H12O2/c1-2-4-9-8(3-1)7-10-11(9)13-6-5-12-10/h1-4,10-11H,5-7H2/t10-,11+/m0/s1. The molecule has 0 N–H and O–H groups in total. The van der Waals surface area contributed by atoms with E-state index in [0.29, 0.717) is 0 Å². The molecule has 0 aromatic heterocycles. The monoisotopic (exact) mass is 176 g/mol. The molecule has 0 bridgehead atoms. The SMILES string of the molecule is c1ccc2c(c1)C[C@@H]1OCCO[C@H]21. The molecule has 2 nitrogen and oxygen atoms in total. The zero-order valence-corrected chi connectivity index (χ0v) is 7.40. The first-order valence-corrected chi connectivity index (χ1v) is 4.76. The highest BCUT2D eigenvalue weighted by Gasteiger charge is 2.35. The molecule has 0 spiro atoms. The third-order valence-corrected chi connectivity index (χ3v) is 2.83. The predicted octanol–water partition coefficient (Wildman–Crippen LogP) is 1.70. The van der Waals surface area contributed by atoms with Gasteiger partial charge in [-0.25, -0.2) is 0 Å². The van der Waals surface area contributed by atoms with Gasteiger partial charge in [-0.05, 0) is 11.1 Å². The van der Waals surface area contributed by atoms with Crippen molar-refractivity contribution in [2.45, 2.75) is 18.6 Å². The van der Waals surface area contributed by atoms with Crippen LogP contribution in [0.2, 0.25) is 0 Å². The Morgan fingerprint density at radius 2 is 1.92 bits per heavy atom. The van der Waals surface area contributed by atoms with Gasteiger partial charge in [0.2, 0.25) is 0 Å². The lowest BCUT2D eigenvalue weighted by atomic mass is 10.1. The fourth-order valence-corrected chi connectivity index (χ4v) is 2.24. The normalized spacial score (nSPS) is 31.1. The number of ether oxygens (including phenoxy) is 2. The highest BCUT2D eigenvalue weighted by Crippen LogP contribution is 2.37. The molecule has 2 aliphatic rings. The van der Waals surface area contributed by atoms with Crippen molar-refractivity contribution >= 4 is 0 Å². The highest BCUT2D eigenvalue weighted by atomic mass is 16.6. The lowest BCUT2D eigenvalue weighted by molar-refractivity contribution is -0.133. The molecule has 1 aliphatic carbocycles. The highest BCUT2D eigenvalue weighted by molar-refractivity contribution is 5.35.